The molecule has 3 aromatic rings. The highest BCUT2D eigenvalue weighted by molar-refractivity contribution is 7.93. The lowest BCUT2D eigenvalue weighted by Gasteiger charge is -2.17. The van der Waals surface area contributed by atoms with Crippen molar-refractivity contribution < 1.29 is 13.2 Å². The van der Waals surface area contributed by atoms with E-state index in [1.165, 1.54) is 0 Å². The summed E-state index contributed by atoms with van der Waals surface area (Å²) in [6.07, 6.45) is 1.63. The van der Waals surface area contributed by atoms with Gasteiger partial charge in [-0.15, -0.1) is 0 Å². The Morgan fingerprint density at radius 3 is 2.54 bits per heavy atom. The maximum absolute atomic E-state index is 12.9. The minimum absolute atomic E-state index is 0.0232. The van der Waals surface area contributed by atoms with Crippen LogP contribution in [0, 0.1) is 0 Å². The van der Waals surface area contributed by atoms with Crippen molar-refractivity contribution in [2.75, 3.05) is 10.8 Å². The maximum atomic E-state index is 12.9. The van der Waals surface area contributed by atoms with Crippen molar-refractivity contribution in [2.45, 2.75) is 17.7 Å². The number of amides is 1. The Balaban J connectivity index is 1.50. The van der Waals surface area contributed by atoms with Crippen LogP contribution in [0.15, 0.2) is 76.7 Å². The molecule has 1 amide bonds. The van der Waals surface area contributed by atoms with E-state index in [1.807, 2.05) is 49.4 Å². The van der Waals surface area contributed by atoms with E-state index in [0.29, 0.717) is 11.1 Å². The van der Waals surface area contributed by atoms with Gasteiger partial charge in [-0.2, -0.15) is 5.10 Å². The number of anilines is 1. The van der Waals surface area contributed by atoms with Crippen LogP contribution in [-0.4, -0.2) is 27.1 Å². The fraction of sp³-hybridized carbons (Fsp3) is 0.143. The first kappa shape index (κ1) is 18.2. The van der Waals surface area contributed by atoms with Gasteiger partial charge in [0, 0.05) is 17.5 Å². The molecule has 0 saturated carbocycles. The Bertz CT molecular complexity index is 1170. The molecule has 7 heteroatoms. The van der Waals surface area contributed by atoms with Gasteiger partial charge in [0.1, 0.15) is 6.54 Å². The fourth-order valence-electron chi connectivity index (χ4n) is 3.36. The molecule has 0 aliphatic carbocycles. The fourth-order valence-corrected chi connectivity index (χ4v) is 5.02. The number of hydrazone groups is 1. The van der Waals surface area contributed by atoms with Gasteiger partial charge < -0.3 is 0 Å². The molecule has 6 nitrogen and oxygen atoms in total. The molecule has 0 fully saturated rings. The topological polar surface area (TPSA) is 78.8 Å². The van der Waals surface area contributed by atoms with Crippen LogP contribution in [-0.2, 0) is 14.8 Å². The molecule has 0 spiro atoms. The smallest absolute Gasteiger partial charge is 0.265 e. The Morgan fingerprint density at radius 1 is 1.07 bits per heavy atom. The van der Waals surface area contributed by atoms with Gasteiger partial charge in [0.05, 0.1) is 10.6 Å². The zero-order valence-electron chi connectivity index (χ0n) is 15.2. The first-order valence-corrected chi connectivity index (χ1v) is 10.3. The van der Waals surface area contributed by atoms with Crippen molar-refractivity contribution in [1.29, 1.82) is 0 Å². The third-order valence-corrected chi connectivity index (χ3v) is 6.58. The summed E-state index contributed by atoms with van der Waals surface area (Å²) in [6.45, 7) is 1.64. The number of sulfonamides is 1. The first-order valence-electron chi connectivity index (χ1n) is 8.90. The van der Waals surface area contributed by atoms with Crippen molar-refractivity contribution in [3.8, 4) is 0 Å². The lowest BCUT2D eigenvalue weighted by atomic mass is 10.0. The van der Waals surface area contributed by atoms with Crippen LogP contribution in [0.5, 0.6) is 0 Å². The number of nitrogens with one attached hydrogen (secondary N) is 1. The molecule has 1 N–H and O–H groups in total. The molecule has 0 bridgehead atoms. The average molecular weight is 393 g/mol. The van der Waals surface area contributed by atoms with E-state index in [9.17, 15) is 13.2 Å². The summed E-state index contributed by atoms with van der Waals surface area (Å²) in [5.41, 5.74) is 4.02. The molecular weight excluding hydrogens is 374 g/mol. The summed E-state index contributed by atoms with van der Waals surface area (Å²) < 4.78 is 26.9. The van der Waals surface area contributed by atoms with E-state index in [4.69, 9.17) is 0 Å². The van der Waals surface area contributed by atoms with Crippen LogP contribution < -0.4 is 9.73 Å². The Hall–Kier alpha value is -3.19. The van der Waals surface area contributed by atoms with E-state index in [1.54, 1.807) is 30.5 Å². The monoisotopic (exact) mass is 393 g/mol. The standard InChI is InChI=1S/C21H19N3O3S/c1-15(16-7-3-2-4-8-16)13-22-23-20(25)14-24-18-11-5-9-17-10-6-12-19(21(17)18)28(24,26)27/h2-13,15H,14H2,1H3,(H,23,25)/b22-13-/t15-/m1/s1. The Labute approximate surface area is 163 Å². The van der Waals surface area contributed by atoms with Crippen LogP contribution in [0.2, 0.25) is 0 Å². The van der Waals surface area contributed by atoms with Gasteiger partial charge in [-0.1, -0.05) is 61.5 Å². The van der Waals surface area contributed by atoms with Crippen molar-refractivity contribution in [1.82, 2.24) is 5.43 Å². The first-order chi connectivity index (χ1) is 13.5. The number of rotatable bonds is 5. The number of carbonyl (C=O) groups is 1. The van der Waals surface area contributed by atoms with Crippen LogP contribution in [0.3, 0.4) is 0 Å². The lowest BCUT2D eigenvalue weighted by Crippen LogP contribution is -2.37. The highest BCUT2D eigenvalue weighted by atomic mass is 32.2. The second kappa shape index (κ2) is 7.09. The van der Waals surface area contributed by atoms with E-state index in [2.05, 4.69) is 10.5 Å². The predicted molar refractivity (Wildman–Crippen MR) is 110 cm³/mol. The molecular formula is C21H19N3O3S. The summed E-state index contributed by atoms with van der Waals surface area (Å²) in [7, 11) is -3.76. The van der Waals surface area contributed by atoms with Crippen LogP contribution >= 0.6 is 0 Å². The van der Waals surface area contributed by atoms with E-state index in [-0.39, 0.29) is 17.4 Å². The summed E-state index contributed by atoms with van der Waals surface area (Å²) >= 11 is 0. The molecule has 0 saturated heterocycles. The largest absolute Gasteiger partial charge is 0.271 e. The van der Waals surface area contributed by atoms with E-state index in [0.717, 1.165) is 15.3 Å². The van der Waals surface area contributed by atoms with E-state index >= 15 is 0 Å². The molecule has 1 atom stereocenters. The zero-order valence-corrected chi connectivity index (χ0v) is 16.1. The van der Waals surface area contributed by atoms with Gasteiger partial charge in [-0.05, 0) is 23.1 Å². The number of benzene rings is 3. The Kier molecular flexibility index (Phi) is 4.60. The summed E-state index contributed by atoms with van der Waals surface area (Å²) in [4.78, 5) is 12.6. The van der Waals surface area contributed by atoms with Crippen LogP contribution in [0.4, 0.5) is 5.69 Å². The molecule has 1 heterocycles. The number of hydrogen-bond acceptors (Lipinski definition) is 4. The lowest BCUT2D eigenvalue weighted by molar-refractivity contribution is -0.119. The van der Waals surface area contributed by atoms with E-state index < -0.39 is 15.9 Å². The number of hydrogen-bond donors (Lipinski definition) is 1. The van der Waals surface area contributed by atoms with Gasteiger partial charge in [0.25, 0.3) is 15.9 Å². The van der Waals surface area contributed by atoms with Gasteiger partial charge >= 0.3 is 0 Å². The second-order valence-corrected chi connectivity index (χ2v) is 8.49. The third kappa shape index (κ3) is 3.14. The molecule has 28 heavy (non-hydrogen) atoms. The maximum Gasteiger partial charge on any atom is 0.265 e. The second-order valence-electron chi connectivity index (χ2n) is 6.66. The van der Waals surface area contributed by atoms with Crippen LogP contribution in [0.25, 0.3) is 10.8 Å². The average Bonchev–Trinajstić information content (AvgIpc) is 2.92. The molecule has 4 rings (SSSR count). The molecule has 1 aliphatic rings. The predicted octanol–water partition coefficient (Wildman–Crippen LogP) is 3.25. The molecule has 142 valence electrons. The van der Waals surface area contributed by atoms with Gasteiger partial charge in [-0.25, -0.2) is 13.8 Å². The summed E-state index contributed by atoms with van der Waals surface area (Å²) in [5, 5.41) is 5.47. The molecule has 1 aliphatic heterocycles. The summed E-state index contributed by atoms with van der Waals surface area (Å²) in [6, 6.07) is 20.3. The van der Waals surface area contributed by atoms with Crippen molar-refractivity contribution in [3.63, 3.8) is 0 Å². The number of carbonyl (C=O) groups excluding carboxylic acids is 1. The van der Waals surface area contributed by atoms with Crippen molar-refractivity contribution in [2.24, 2.45) is 5.10 Å². The van der Waals surface area contributed by atoms with Crippen molar-refractivity contribution in [3.05, 3.63) is 72.3 Å². The third-order valence-electron chi connectivity index (χ3n) is 4.78. The highest BCUT2D eigenvalue weighted by Gasteiger charge is 2.36. The SMILES string of the molecule is C[C@H](/C=N\NC(=O)CN1c2cccc3cccc(c23)S1(=O)=O)c1ccccc1. The minimum atomic E-state index is -3.76. The molecule has 3 aromatic carbocycles. The van der Waals surface area contributed by atoms with Gasteiger partial charge in [-0.3, -0.25) is 9.10 Å². The zero-order chi connectivity index (χ0) is 19.7. The molecule has 0 unspecified atom stereocenters. The normalized spacial score (nSPS) is 15.8. The number of nitrogens with zero attached hydrogens (tertiary/aromatic N) is 2. The molecule has 0 aromatic heterocycles. The van der Waals surface area contributed by atoms with Crippen molar-refractivity contribution >= 4 is 38.6 Å². The minimum Gasteiger partial charge on any atom is -0.271 e. The quantitative estimate of drug-likeness (QED) is 0.534. The molecule has 0 radical (unpaired) electrons. The Morgan fingerprint density at radius 2 is 1.79 bits per heavy atom. The van der Waals surface area contributed by atoms with Crippen LogP contribution in [0.1, 0.15) is 18.4 Å². The highest BCUT2D eigenvalue weighted by Crippen LogP contribution is 2.41. The summed E-state index contributed by atoms with van der Waals surface area (Å²) in [5.74, 6) is -0.472. The van der Waals surface area contributed by atoms with Gasteiger partial charge in [0.15, 0.2) is 0 Å². The van der Waals surface area contributed by atoms with Gasteiger partial charge in [0.2, 0.25) is 0 Å².